The lowest BCUT2D eigenvalue weighted by molar-refractivity contribution is 0.637. The van der Waals surface area contributed by atoms with Crippen LogP contribution in [0.25, 0.3) is 5.69 Å². The summed E-state index contributed by atoms with van der Waals surface area (Å²) in [6.07, 6.45) is 1.85. The normalized spacial score (nSPS) is 12.3. The first-order valence-corrected chi connectivity index (χ1v) is 7.13. The zero-order valence-electron chi connectivity index (χ0n) is 12.3. The van der Waals surface area contributed by atoms with Crippen molar-refractivity contribution in [1.82, 2.24) is 15.1 Å². The summed E-state index contributed by atoms with van der Waals surface area (Å²) in [7, 11) is 1.98. The Labute approximate surface area is 125 Å². The maximum Gasteiger partial charge on any atom is 0.0750 e. The van der Waals surface area contributed by atoms with Crippen molar-refractivity contribution in [3.63, 3.8) is 0 Å². The maximum atomic E-state index is 4.48. The molecule has 2 aromatic carbocycles. The number of hydrogen-bond acceptors (Lipinski definition) is 2. The SMILES string of the molecule is CNC(c1ccc(C)cc1)c1ccnn1-c1ccccc1. The molecule has 0 aliphatic carbocycles. The monoisotopic (exact) mass is 277 g/mol. The molecule has 1 atom stereocenters. The summed E-state index contributed by atoms with van der Waals surface area (Å²) < 4.78 is 1.99. The minimum absolute atomic E-state index is 0.119. The predicted molar refractivity (Wildman–Crippen MR) is 85.6 cm³/mol. The van der Waals surface area contributed by atoms with Crippen LogP contribution in [0.15, 0.2) is 66.9 Å². The quantitative estimate of drug-likeness (QED) is 0.791. The van der Waals surface area contributed by atoms with Crippen LogP contribution in [0.3, 0.4) is 0 Å². The summed E-state index contributed by atoms with van der Waals surface area (Å²) in [5, 5.41) is 7.86. The van der Waals surface area contributed by atoms with E-state index in [2.05, 4.69) is 59.8 Å². The molecule has 0 fully saturated rings. The zero-order valence-corrected chi connectivity index (χ0v) is 12.3. The summed E-state index contributed by atoms with van der Waals surface area (Å²) in [5.74, 6) is 0. The van der Waals surface area contributed by atoms with Gasteiger partial charge in [-0.25, -0.2) is 4.68 Å². The highest BCUT2D eigenvalue weighted by molar-refractivity contribution is 5.37. The number of rotatable bonds is 4. The minimum atomic E-state index is 0.119. The smallest absolute Gasteiger partial charge is 0.0750 e. The van der Waals surface area contributed by atoms with Crippen molar-refractivity contribution < 1.29 is 0 Å². The van der Waals surface area contributed by atoms with Gasteiger partial charge in [0.15, 0.2) is 0 Å². The molecule has 0 aliphatic heterocycles. The Morgan fingerprint density at radius 3 is 2.33 bits per heavy atom. The number of nitrogens with one attached hydrogen (secondary N) is 1. The fraction of sp³-hybridized carbons (Fsp3) is 0.167. The Bertz CT molecular complexity index is 699. The van der Waals surface area contributed by atoms with Crippen LogP contribution in [0.1, 0.15) is 22.9 Å². The molecule has 3 rings (SSSR count). The summed E-state index contributed by atoms with van der Waals surface area (Å²) in [6, 6.07) is 21.0. The van der Waals surface area contributed by atoms with Crippen LogP contribution in [0, 0.1) is 6.92 Å². The summed E-state index contributed by atoms with van der Waals surface area (Å²) >= 11 is 0. The third-order valence-corrected chi connectivity index (χ3v) is 3.67. The number of hydrogen-bond donors (Lipinski definition) is 1. The number of aromatic nitrogens is 2. The van der Waals surface area contributed by atoms with Gasteiger partial charge in [0.25, 0.3) is 0 Å². The van der Waals surface area contributed by atoms with Crippen LogP contribution in [0.2, 0.25) is 0 Å². The summed E-state index contributed by atoms with van der Waals surface area (Å²) in [5.41, 5.74) is 4.71. The van der Waals surface area contributed by atoms with Crippen molar-refractivity contribution in [1.29, 1.82) is 0 Å². The first-order chi connectivity index (χ1) is 10.3. The topological polar surface area (TPSA) is 29.9 Å². The Morgan fingerprint density at radius 2 is 1.67 bits per heavy atom. The van der Waals surface area contributed by atoms with E-state index in [0.29, 0.717) is 0 Å². The van der Waals surface area contributed by atoms with E-state index in [1.165, 1.54) is 11.1 Å². The molecule has 3 heteroatoms. The van der Waals surface area contributed by atoms with Gasteiger partial charge in [0.05, 0.1) is 17.4 Å². The van der Waals surface area contributed by atoms with E-state index in [1.807, 2.05) is 36.1 Å². The Kier molecular flexibility index (Phi) is 3.84. The first-order valence-electron chi connectivity index (χ1n) is 7.13. The van der Waals surface area contributed by atoms with Gasteiger partial charge in [-0.05, 0) is 37.7 Å². The second-order valence-electron chi connectivity index (χ2n) is 5.14. The molecule has 3 aromatic rings. The molecule has 0 saturated carbocycles. The van der Waals surface area contributed by atoms with Crippen LogP contribution < -0.4 is 5.32 Å². The highest BCUT2D eigenvalue weighted by Gasteiger charge is 2.17. The first kappa shape index (κ1) is 13.6. The second kappa shape index (κ2) is 5.94. The van der Waals surface area contributed by atoms with Crippen LogP contribution in [-0.4, -0.2) is 16.8 Å². The fourth-order valence-electron chi connectivity index (χ4n) is 2.56. The van der Waals surface area contributed by atoms with Gasteiger partial charge in [0.2, 0.25) is 0 Å². The zero-order chi connectivity index (χ0) is 14.7. The van der Waals surface area contributed by atoms with Crippen molar-refractivity contribution in [3.8, 4) is 5.69 Å². The van der Waals surface area contributed by atoms with Gasteiger partial charge in [-0.2, -0.15) is 5.10 Å². The van der Waals surface area contributed by atoms with Gasteiger partial charge >= 0.3 is 0 Å². The fourth-order valence-corrected chi connectivity index (χ4v) is 2.56. The van der Waals surface area contributed by atoms with Crippen LogP contribution >= 0.6 is 0 Å². The van der Waals surface area contributed by atoms with E-state index in [-0.39, 0.29) is 6.04 Å². The molecule has 1 unspecified atom stereocenters. The third-order valence-electron chi connectivity index (χ3n) is 3.67. The standard InChI is InChI=1S/C18H19N3/c1-14-8-10-15(11-9-14)18(19-2)17-12-13-20-21(17)16-6-4-3-5-7-16/h3-13,18-19H,1-2H3. The molecule has 1 aromatic heterocycles. The Balaban J connectivity index is 2.03. The molecule has 0 saturated heterocycles. The Morgan fingerprint density at radius 1 is 0.952 bits per heavy atom. The van der Waals surface area contributed by atoms with Gasteiger partial charge in [0.1, 0.15) is 0 Å². The lowest BCUT2D eigenvalue weighted by Crippen LogP contribution is -2.21. The van der Waals surface area contributed by atoms with Gasteiger partial charge < -0.3 is 5.32 Å². The third kappa shape index (κ3) is 2.73. The second-order valence-corrected chi connectivity index (χ2v) is 5.14. The van der Waals surface area contributed by atoms with Crippen molar-refractivity contribution in [2.45, 2.75) is 13.0 Å². The molecule has 1 N–H and O–H groups in total. The van der Waals surface area contributed by atoms with E-state index in [0.717, 1.165) is 11.4 Å². The number of benzene rings is 2. The number of para-hydroxylation sites is 1. The largest absolute Gasteiger partial charge is 0.308 e. The molecule has 0 radical (unpaired) electrons. The molecule has 3 nitrogen and oxygen atoms in total. The molecular weight excluding hydrogens is 258 g/mol. The van der Waals surface area contributed by atoms with Crippen molar-refractivity contribution in [2.24, 2.45) is 0 Å². The highest BCUT2D eigenvalue weighted by Crippen LogP contribution is 2.24. The van der Waals surface area contributed by atoms with Gasteiger partial charge in [-0.15, -0.1) is 0 Å². The number of nitrogens with zero attached hydrogens (tertiary/aromatic N) is 2. The average Bonchev–Trinajstić information content (AvgIpc) is 3.00. The Hall–Kier alpha value is -2.39. The molecule has 0 spiro atoms. The molecular formula is C18H19N3. The molecule has 1 heterocycles. The predicted octanol–water partition coefficient (Wildman–Crippen LogP) is 3.49. The minimum Gasteiger partial charge on any atom is -0.308 e. The molecule has 0 amide bonds. The van der Waals surface area contributed by atoms with Gasteiger partial charge in [-0.1, -0.05) is 48.0 Å². The van der Waals surface area contributed by atoms with Crippen molar-refractivity contribution in [2.75, 3.05) is 7.05 Å². The highest BCUT2D eigenvalue weighted by atomic mass is 15.3. The number of aryl methyl sites for hydroxylation is 1. The van der Waals surface area contributed by atoms with E-state index >= 15 is 0 Å². The maximum absolute atomic E-state index is 4.48. The van der Waals surface area contributed by atoms with E-state index in [9.17, 15) is 0 Å². The summed E-state index contributed by atoms with van der Waals surface area (Å²) in [4.78, 5) is 0. The average molecular weight is 277 g/mol. The van der Waals surface area contributed by atoms with Crippen molar-refractivity contribution >= 4 is 0 Å². The van der Waals surface area contributed by atoms with Gasteiger partial charge in [0, 0.05) is 6.20 Å². The van der Waals surface area contributed by atoms with Crippen LogP contribution in [0.4, 0.5) is 0 Å². The summed E-state index contributed by atoms with van der Waals surface area (Å²) in [6.45, 7) is 2.10. The molecule has 21 heavy (non-hydrogen) atoms. The molecule has 0 aliphatic rings. The molecule has 106 valence electrons. The lowest BCUT2D eigenvalue weighted by Gasteiger charge is -2.18. The van der Waals surface area contributed by atoms with E-state index in [1.54, 1.807) is 0 Å². The van der Waals surface area contributed by atoms with Crippen LogP contribution in [0.5, 0.6) is 0 Å². The lowest BCUT2D eigenvalue weighted by atomic mass is 10.0. The van der Waals surface area contributed by atoms with Crippen molar-refractivity contribution in [3.05, 3.63) is 83.7 Å². The van der Waals surface area contributed by atoms with Crippen LogP contribution in [-0.2, 0) is 0 Å². The van der Waals surface area contributed by atoms with E-state index < -0.39 is 0 Å². The molecule has 0 bridgehead atoms. The van der Waals surface area contributed by atoms with Gasteiger partial charge in [-0.3, -0.25) is 0 Å². The van der Waals surface area contributed by atoms with E-state index in [4.69, 9.17) is 0 Å².